The van der Waals surface area contributed by atoms with Crippen molar-refractivity contribution in [2.45, 2.75) is 19.3 Å². The molecule has 3 nitrogen and oxygen atoms in total. The number of benzene rings is 1. The summed E-state index contributed by atoms with van der Waals surface area (Å²) < 4.78 is 1.92. The summed E-state index contributed by atoms with van der Waals surface area (Å²) in [4.78, 5) is 14.5. The van der Waals surface area contributed by atoms with E-state index >= 15 is 0 Å². The molecule has 1 saturated heterocycles. The molecule has 1 amide bonds. The quantitative estimate of drug-likeness (QED) is 0.734. The molecule has 0 bridgehead atoms. The first-order chi connectivity index (χ1) is 9.16. The maximum absolute atomic E-state index is 12.1. The Morgan fingerprint density at radius 3 is 2.79 bits per heavy atom. The Morgan fingerprint density at radius 2 is 2.05 bits per heavy atom. The molecule has 2 rings (SSSR count). The van der Waals surface area contributed by atoms with Crippen LogP contribution in [0.1, 0.15) is 29.6 Å². The standard InChI is InChI=1S/C14H18BrIN2O/c15-11-4-5-13(16)12(10-11)14(19)17-6-9-18-7-2-1-3-8-18/h4-5,10H,1-3,6-9H2,(H,17,19). The van der Waals surface area contributed by atoms with Crippen molar-refractivity contribution in [2.24, 2.45) is 0 Å². The van der Waals surface area contributed by atoms with E-state index in [0.29, 0.717) is 0 Å². The third-order valence-electron chi connectivity index (χ3n) is 3.34. The molecule has 1 aliphatic rings. The molecule has 0 unspecified atom stereocenters. The molecule has 0 radical (unpaired) electrons. The zero-order valence-electron chi connectivity index (χ0n) is 10.8. The molecule has 19 heavy (non-hydrogen) atoms. The molecule has 0 saturated carbocycles. The molecule has 0 aliphatic carbocycles. The lowest BCUT2D eigenvalue weighted by molar-refractivity contribution is 0.0945. The van der Waals surface area contributed by atoms with Crippen LogP contribution in [-0.4, -0.2) is 37.0 Å². The summed E-state index contributed by atoms with van der Waals surface area (Å²) >= 11 is 5.60. The third-order valence-corrected chi connectivity index (χ3v) is 4.77. The van der Waals surface area contributed by atoms with E-state index in [9.17, 15) is 4.79 Å². The van der Waals surface area contributed by atoms with Gasteiger partial charge in [0.1, 0.15) is 0 Å². The highest BCUT2D eigenvalue weighted by Gasteiger charge is 2.12. The highest BCUT2D eigenvalue weighted by Crippen LogP contribution is 2.18. The zero-order valence-corrected chi connectivity index (χ0v) is 14.5. The number of carbonyl (C=O) groups excluding carboxylic acids is 1. The number of piperidine rings is 1. The summed E-state index contributed by atoms with van der Waals surface area (Å²) in [5, 5.41) is 3.01. The van der Waals surface area contributed by atoms with Gasteiger partial charge in [-0.15, -0.1) is 0 Å². The molecule has 104 valence electrons. The van der Waals surface area contributed by atoms with Crippen molar-refractivity contribution >= 4 is 44.4 Å². The second-order valence-electron chi connectivity index (χ2n) is 4.78. The Labute approximate surface area is 136 Å². The zero-order chi connectivity index (χ0) is 13.7. The van der Waals surface area contributed by atoms with E-state index in [4.69, 9.17) is 0 Å². The highest BCUT2D eigenvalue weighted by molar-refractivity contribution is 14.1. The van der Waals surface area contributed by atoms with Crippen molar-refractivity contribution in [3.63, 3.8) is 0 Å². The van der Waals surface area contributed by atoms with Crippen LogP contribution in [0.5, 0.6) is 0 Å². The lowest BCUT2D eigenvalue weighted by Crippen LogP contribution is -2.37. The van der Waals surface area contributed by atoms with E-state index in [1.807, 2.05) is 18.2 Å². The van der Waals surface area contributed by atoms with E-state index in [0.717, 1.165) is 26.7 Å². The average molecular weight is 437 g/mol. The van der Waals surface area contributed by atoms with Gasteiger partial charge in [0.05, 0.1) is 5.56 Å². The van der Waals surface area contributed by atoms with Gasteiger partial charge < -0.3 is 10.2 Å². The minimum Gasteiger partial charge on any atom is -0.351 e. The van der Waals surface area contributed by atoms with Gasteiger partial charge in [-0.3, -0.25) is 4.79 Å². The molecule has 1 heterocycles. The molecule has 0 atom stereocenters. The number of halogens is 2. The molecular weight excluding hydrogens is 419 g/mol. The van der Waals surface area contributed by atoms with E-state index in [-0.39, 0.29) is 5.91 Å². The van der Waals surface area contributed by atoms with Gasteiger partial charge in [-0.2, -0.15) is 0 Å². The predicted octanol–water partition coefficient (Wildman–Crippen LogP) is 3.27. The van der Waals surface area contributed by atoms with Crippen molar-refractivity contribution in [1.29, 1.82) is 0 Å². The number of hydrogen-bond acceptors (Lipinski definition) is 2. The van der Waals surface area contributed by atoms with Crippen molar-refractivity contribution in [3.05, 3.63) is 31.8 Å². The second kappa shape index (κ2) is 7.59. The van der Waals surface area contributed by atoms with Gasteiger partial charge in [-0.1, -0.05) is 22.4 Å². The maximum Gasteiger partial charge on any atom is 0.252 e. The fourth-order valence-corrected chi connectivity index (χ4v) is 3.22. The molecule has 0 spiro atoms. The maximum atomic E-state index is 12.1. The first-order valence-electron chi connectivity index (χ1n) is 6.62. The fourth-order valence-electron chi connectivity index (χ4n) is 2.28. The molecular formula is C14H18BrIN2O. The average Bonchev–Trinajstić information content (AvgIpc) is 2.42. The van der Waals surface area contributed by atoms with Gasteiger partial charge in [-0.25, -0.2) is 0 Å². The van der Waals surface area contributed by atoms with Gasteiger partial charge >= 0.3 is 0 Å². The van der Waals surface area contributed by atoms with E-state index in [2.05, 4.69) is 48.7 Å². The van der Waals surface area contributed by atoms with Crippen LogP contribution in [0.3, 0.4) is 0 Å². The van der Waals surface area contributed by atoms with Crippen LogP contribution < -0.4 is 5.32 Å². The van der Waals surface area contributed by atoms with Gasteiger partial charge in [-0.05, 0) is 66.7 Å². The van der Waals surface area contributed by atoms with Gasteiger partial charge in [0.25, 0.3) is 5.91 Å². The molecule has 1 fully saturated rings. The lowest BCUT2D eigenvalue weighted by Gasteiger charge is -2.26. The fraction of sp³-hybridized carbons (Fsp3) is 0.500. The van der Waals surface area contributed by atoms with Crippen LogP contribution in [0.25, 0.3) is 0 Å². The number of carbonyl (C=O) groups is 1. The summed E-state index contributed by atoms with van der Waals surface area (Å²) in [5.41, 5.74) is 0.744. The number of amides is 1. The summed E-state index contributed by atoms with van der Waals surface area (Å²) in [5.74, 6) is 0.0164. The number of rotatable bonds is 4. The molecule has 5 heteroatoms. The van der Waals surface area contributed by atoms with Gasteiger partial charge in [0, 0.05) is 21.1 Å². The molecule has 1 aromatic rings. The summed E-state index contributed by atoms with van der Waals surface area (Å²) in [7, 11) is 0. The number of hydrogen-bond donors (Lipinski definition) is 1. The molecule has 1 aromatic carbocycles. The largest absolute Gasteiger partial charge is 0.351 e. The Hall–Kier alpha value is -0.140. The van der Waals surface area contributed by atoms with Gasteiger partial charge in [0.15, 0.2) is 0 Å². The van der Waals surface area contributed by atoms with Crippen molar-refractivity contribution < 1.29 is 4.79 Å². The summed E-state index contributed by atoms with van der Waals surface area (Å²) in [6.07, 6.45) is 3.92. The van der Waals surface area contributed by atoms with Crippen LogP contribution in [0.2, 0.25) is 0 Å². The minimum absolute atomic E-state index is 0.0164. The monoisotopic (exact) mass is 436 g/mol. The van der Waals surface area contributed by atoms with E-state index < -0.39 is 0 Å². The lowest BCUT2D eigenvalue weighted by atomic mass is 10.1. The van der Waals surface area contributed by atoms with Crippen LogP contribution in [0.4, 0.5) is 0 Å². The van der Waals surface area contributed by atoms with E-state index in [1.165, 1.54) is 32.4 Å². The van der Waals surface area contributed by atoms with Crippen molar-refractivity contribution in [2.75, 3.05) is 26.2 Å². The van der Waals surface area contributed by atoms with E-state index in [1.54, 1.807) is 0 Å². The third kappa shape index (κ3) is 4.72. The van der Waals surface area contributed by atoms with Crippen LogP contribution in [0, 0.1) is 3.57 Å². The van der Waals surface area contributed by atoms with Crippen LogP contribution in [0.15, 0.2) is 22.7 Å². The predicted molar refractivity (Wildman–Crippen MR) is 89.5 cm³/mol. The molecule has 1 N–H and O–H groups in total. The topological polar surface area (TPSA) is 32.3 Å². The number of nitrogens with one attached hydrogen (secondary N) is 1. The highest BCUT2D eigenvalue weighted by atomic mass is 127. The molecule has 0 aromatic heterocycles. The summed E-state index contributed by atoms with van der Waals surface area (Å²) in [6.45, 7) is 4.02. The summed E-state index contributed by atoms with van der Waals surface area (Å²) in [6, 6.07) is 5.77. The Morgan fingerprint density at radius 1 is 1.32 bits per heavy atom. The number of likely N-dealkylation sites (tertiary alicyclic amines) is 1. The smallest absolute Gasteiger partial charge is 0.252 e. The normalized spacial score (nSPS) is 16.3. The first-order valence-corrected chi connectivity index (χ1v) is 8.49. The van der Waals surface area contributed by atoms with Crippen LogP contribution >= 0.6 is 38.5 Å². The minimum atomic E-state index is 0.0164. The first kappa shape index (κ1) is 15.3. The van der Waals surface area contributed by atoms with Crippen LogP contribution in [-0.2, 0) is 0 Å². The van der Waals surface area contributed by atoms with Crippen molar-refractivity contribution in [3.8, 4) is 0 Å². The Kier molecular flexibility index (Phi) is 6.09. The number of nitrogens with zero attached hydrogens (tertiary/aromatic N) is 1. The van der Waals surface area contributed by atoms with Gasteiger partial charge in [0.2, 0.25) is 0 Å². The van der Waals surface area contributed by atoms with Crippen molar-refractivity contribution in [1.82, 2.24) is 10.2 Å². The molecule has 1 aliphatic heterocycles. The Balaban J connectivity index is 1.82. The Bertz CT molecular complexity index is 447. The SMILES string of the molecule is O=C(NCCN1CCCCC1)c1cc(Br)ccc1I. The second-order valence-corrected chi connectivity index (χ2v) is 6.86.